The summed E-state index contributed by atoms with van der Waals surface area (Å²) >= 11 is 0. The van der Waals surface area contributed by atoms with Crippen LogP contribution in [0.15, 0.2) is 52.2 Å². The third-order valence-corrected chi connectivity index (χ3v) is 2.54. The molecule has 7 heteroatoms. The van der Waals surface area contributed by atoms with Crippen molar-refractivity contribution in [3.8, 4) is 0 Å². The Morgan fingerprint density at radius 3 is 2.95 bits per heavy atom. The van der Waals surface area contributed by atoms with E-state index in [1.165, 1.54) is 18.3 Å². The van der Waals surface area contributed by atoms with E-state index >= 15 is 0 Å². The van der Waals surface area contributed by atoms with Gasteiger partial charge in [0.1, 0.15) is 11.3 Å². The van der Waals surface area contributed by atoms with E-state index in [9.17, 15) is 10.1 Å². The van der Waals surface area contributed by atoms with Crippen molar-refractivity contribution in [2.45, 2.75) is 0 Å². The van der Waals surface area contributed by atoms with Crippen LogP contribution in [-0.2, 0) is 0 Å². The molecule has 0 N–H and O–H groups in total. The van der Waals surface area contributed by atoms with Gasteiger partial charge < -0.3 is 4.42 Å². The van der Waals surface area contributed by atoms with E-state index in [2.05, 4.69) is 10.1 Å². The number of rotatable bonds is 3. The highest BCUT2D eigenvalue weighted by atomic mass is 16.6. The molecule has 2 aromatic heterocycles. The van der Waals surface area contributed by atoms with Crippen molar-refractivity contribution in [1.29, 1.82) is 0 Å². The lowest BCUT2D eigenvalue weighted by Crippen LogP contribution is -1.87. The van der Waals surface area contributed by atoms with Crippen molar-refractivity contribution in [2.24, 2.45) is 5.10 Å². The summed E-state index contributed by atoms with van der Waals surface area (Å²) in [5.41, 5.74) is 1.67. The summed E-state index contributed by atoms with van der Waals surface area (Å²) in [7, 11) is 0. The van der Waals surface area contributed by atoms with Crippen molar-refractivity contribution in [3.05, 3.63) is 58.6 Å². The molecule has 94 valence electrons. The summed E-state index contributed by atoms with van der Waals surface area (Å²) in [6.07, 6.45) is 2.97. The third-order valence-electron chi connectivity index (χ3n) is 2.54. The first-order valence-electron chi connectivity index (χ1n) is 5.45. The Morgan fingerprint density at radius 2 is 2.16 bits per heavy atom. The van der Waals surface area contributed by atoms with Crippen molar-refractivity contribution >= 4 is 23.1 Å². The van der Waals surface area contributed by atoms with Gasteiger partial charge in [-0.15, -0.1) is 0 Å². The fourth-order valence-corrected chi connectivity index (χ4v) is 1.67. The molecule has 0 unspecified atom stereocenters. The normalized spacial score (nSPS) is 11.4. The smallest absolute Gasteiger partial charge is 0.400 e. The van der Waals surface area contributed by atoms with Crippen LogP contribution in [0.2, 0.25) is 0 Å². The van der Waals surface area contributed by atoms with Crippen LogP contribution in [0.5, 0.6) is 0 Å². The zero-order chi connectivity index (χ0) is 13.2. The summed E-state index contributed by atoms with van der Waals surface area (Å²) in [5, 5.41) is 14.6. The van der Waals surface area contributed by atoms with Gasteiger partial charge in [-0.25, -0.2) is 9.66 Å². The van der Waals surface area contributed by atoms with Gasteiger partial charge in [0.25, 0.3) is 0 Å². The first kappa shape index (κ1) is 11.1. The molecule has 1 aromatic carbocycles. The molecule has 7 nitrogen and oxygen atoms in total. The number of furan rings is 1. The second-order valence-electron chi connectivity index (χ2n) is 3.76. The summed E-state index contributed by atoms with van der Waals surface area (Å²) in [6.45, 7) is 0. The molecule has 0 atom stereocenters. The Labute approximate surface area is 106 Å². The van der Waals surface area contributed by atoms with Crippen molar-refractivity contribution < 1.29 is 9.34 Å². The number of benzene rings is 1. The maximum atomic E-state index is 10.5. The van der Waals surface area contributed by atoms with E-state index in [-0.39, 0.29) is 5.88 Å². The molecular weight excluding hydrogens is 248 g/mol. The van der Waals surface area contributed by atoms with Gasteiger partial charge in [0.2, 0.25) is 0 Å². The number of imidazole rings is 1. The maximum absolute atomic E-state index is 10.5. The minimum Gasteiger partial charge on any atom is -0.400 e. The quantitative estimate of drug-likeness (QED) is 0.409. The van der Waals surface area contributed by atoms with Crippen molar-refractivity contribution in [1.82, 2.24) is 9.66 Å². The lowest BCUT2D eigenvalue weighted by Gasteiger charge is -1.93. The minimum absolute atomic E-state index is 0.308. The van der Waals surface area contributed by atoms with Gasteiger partial charge in [-0.3, -0.25) is 10.1 Å². The van der Waals surface area contributed by atoms with E-state index in [4.69, 9.17) is 4.42 Å². The summed E-state index contributed by atoms with van der Waals surface area (Å²) in [4.78, 5) is 14.1. The number of para-hydroxylation sites is 2. The largest absolute Gasteiger partial charge is 0.433 e. The number of aromatic nitrogens is 2. The molecule has 3 rings (SSSR count). The Kier molecular flexibility index (Phi) is 2.57. The topological polar surface area (TPSA) is 86.5 Å². The molecule has 0 aliphatic carbocycles. The molecule has 0 fully saturated rings. The standard InChI is InChI=1S/C12H8N4O3/c17-16(18)12-6-5-9(19-12)7-14-15-8-13-10-3-1-2-4-11(10)15/h1-8H/b14-7+. The molecule has 2 heterocycles. The average molecular weight is 256 g/mol. The second kappa shape index (κ2) is 4.37. The highest BCUT2D eigenvalue weighted by molar-refractivity contribution is 5.79. The fraction of sp³-hybridized carbons (Fsp3) is 0. The summed E-state index contributed by atoms with van der Waals surface area (Å²) in [5.74, 6) is 0.00132. The van der Waals surface area contributed by atoms with Gasteiger partial charge in [0.15, 0.2) is 5.76 Å². The van der Waals surface area contributed by atoms with Gasteiger partial charge in [0, 0.05) is 0 Å². The maximum Gasteiger partial charge on any atom is 0.433 e. The summed E-state index contributed by atoms with van der Waals surface area (Å²) < 4.78 is 6.55. The summed E-state index contributed by atoms with van der Waals surface area (Å²) in [6, 6.07) is 10.3. The zero-order valence-corrected chi connectivity index (χ0v) is 9.63. The SMILES string of the molecule is O=[N+]([O-])c1ccc(/C=N/n2cnc3ccccc32)o1. The molecule has 0 bridgehead atoms. The average Bonchev–Trinajstić information content (AvgIpc) is 3.03. The van der Waals surface area contributed by atoms with Crippen LogP contribution in [0.4, 0.5) is 5.88 Å². The predicted octanol–water partition coefficient (Wildman–Crippen LogP) is 2.42. The highest BCUT2D eigenvalue weighted by Gasteiger charge is 2.10. The van der Waals surface area contributed by atoms with Crippen molar-refractivity contribution in [3.63, 3.8) is 0 Å². The van der Waals surface area contributed by atoms with Gasteiger partial charge in [-0.1, -0.05) is 12.1 Å². The number of nitro groups is 1. The van der Waals surface area contributed by atoms with Crippen LogP contribution in [-0.4, -0.2) is 20.8 Å². The Morgan fingerprint density at radius 1 is 1.32 bits per heavy atom. The minimum atomic E-state index is -0.593. The number of hydrogen-bond donors (Lipinski definition) is 0. The molecule has 0 aliphatic heterocycles. The molecular formula is C12H8N4O3. The van der Waals surface area contributed by atoms with E-state index in [0.29, 0.717) is 5.76 Å². The molecule has 0 aliphatic rings. The van der Waals surface area contributed by atoms with E-state index in [0.717, 1.165) is 11.0 Å². The third kappa shape index (κ3) is 2.08. The Balaban J connectivity index is 1.91. The molecule has 0 radical (unpaired) electrons. The van der Waals surface area contributed by atoms with Crippen LogP contribution >= 0.6 is 0 Å². The van der Waals surface area contributed by atoms with Crippen LogP contribution in [0.3, 0.4) is 0 Å². The zero-order valence-electron chi connectivity index (χ0n) is 9.63. The molecule has 0 saturated heterocycles. The van der Waals surface area contributed by atoms with Crippen LogP contribution in [0, 0.1) is 10.1 Å². The Hall–Kier alpha value is -2.96. The van der Waals surface area contributed by atoms with E-state index < -0.39 is 4.92 Å². The first-order chi connectivity index (χ1) is 9.24. The second-order valence-corrected chi connectivity index (χ2v) is 3.76. The lowest BCUT2D eigenvalue weighted by molar-refractivity contribution is -0.402. The van der Waals surface area contributed by atoms with E-state index in [1.807, 2.05) is 24.3 Å². The number of nitrogens with zero attached hydrogens (tertiary/aromatic N) is 4. The van der Waals surface area contributed by atoms with Gasteiger partial charge in [0.05, 0.1) is 23.3 Å². The number of hydrogen-bond acceptors (Lipinski definition) is 5. The number of fused-ring (bicyclic) bond motifs is 1. The van der Waals surface area contributed by atoms with Gasteiger partial charge in [-0.2, -0.15) is 5.10 Å². The molecule has 3 aromatic rings. The highest BCUT2D eigenvalue weighted by Crippen LogP contribution is 2.15. The Bertz CT molecular complexity index is 772. The molecule has 0 spiro atoms. The van der Waals surface area contributed by atoms with Crippen molar-refractivity contribution in [2.75, 3.05) is 0 Å². The van der Waals surface area contributed by atoms with Crippen LogP contribution in [0.1, 0.15) is 5.76 Å². The van der Waals surface area contributed by atoms with Crippen LogP contribution < -0.4 is 0 Å². The van der Waals surface area contributed by atoms with E-state index in [1.54, 1.807) is 11.0 Å². The molecule has 0 saturated carbocycles. The first-order valence-corrected chi connectivity index (χ1v) is 5.45. The van der Waals surface area contributed by atoms with Gasteiger partial charge >= 0.3 is 5.88 Å². The van der Waals surface area contributed by atoms with Gasteiger partial charge in [-0.05, 0) is 18.2 Å². The lowest BCUT2D eigenvalue weighted by atomic mass is 10.3. The monoisotopic (exact) mass is 256 g/mol. The molecule has 19 heavy (non-hydrogen) atoms. The van der Waals surface area contributed by atoms with Crippen LogP contribution in [0.25, 0.3) is 11.0 Å². The predicted molar refractivity (Wildman–Crippen MR) is 68.1 cm³/mol. The fourth-order valence-electron chi connectivity index (χ4n) is 1.67. The molecule has 0 amide bonds.